The highest BCUT2D eigenvalue weighted by Gasteiger charge is 2.29. The normalized spacial score (nSPS) is 16.9. The SMILES string of the molecule is CC(CNC(=O)CN1CCC(NC(=O)OCC2c3ccccc3-c3ccccc32)CC1)C(=O)O. The van der Waals surface area contributed by atoms with Gasteiger partial charge in [0.15, 0.2) is 0 Å². The quantitative estimate of drug-likeness (QED) is 0.553. The van der Waals surface area contributed by atoms with Crippen LogP contribution in [0.3, 0.4) is 0 Å². The van der Waals surface area contributed by atoms with Gasteiger partial charge in [0, 0.05) is 31.6 Å². The van der Waals surface area contributed by atoms with E-state index in [4.69, 9.17) is 9.84 Å². The summed E-state index contributed by atoms with van der Waals surface area (Å²) >= 11 is 0. The van der Waals surface area contributed by atoms with Crippen LogP contribution in [-0.2, 0) is 14.3 Å². The molecule has 2 aromatic rings. The van der Waals surface area contributed by atoms with Gasteiger partial charge < -0.3 is 20.5 Å². The molecular weight excluding hydrogens is 434 g/mol. The third-order valence-electron chi connectivity index (χ3n) is 6.65. The van der Waals surface area contributed by atoms with E-state index in [1.165, 1.54) is 22.3 Å². The number of ether oxygens (including phenoxy) is 1. The number of likely N-dealkylation sites (tertiary alicyclic amines) is 1. The van der Waals surface area contributed by atoms with Crippen LogP contribution >= 0.6 is 0 Å². The number of amides is 2. The second-order valence-electron chi connectivity index (χ2n) is 9.06. The van der Waals surface area contributed by atoms with Crippen LogP contribution < -0.4 is 10.6 Å². The summed E-state index contributed by atoms with van der Waals surface area (Å²) in [6.45, 7) is 3.54. The molecule has 2 aromatic carbocycles. The number of rotatable bonds is 8. The van der Waals surface area contributed by atoms with E-state index in [-0.39, 0.29) is 37.6 Å². The summed E-state index contributed by atoms with van der Waals surface area (Å²) < 4.78 is 5.63. The van der Waals surface area contributed by atoms with E-state index in [1.54, 1.807) is 6.92 Å². The Hall–Kier alpha value is -3.39. The molecule has 0 saturated carbocycles. The van der Waals surface area contributed by atoms with E-state index in [0.29, 0.717) is 13.1 Å². The first-order chi connectivity index (χ1) is 16.4. The van der Waals surface area contributed by atoms with Crippen molar-refractivity contribution in [3.05, 3.63) is 59.7 Å². The number of carbonyl (C=O) groups excluding carboxylic acids is 2. The van der Waals surface area contributed by atoms with Crippen molar-refractivity contribution in [2.24, 2.45) is 5.92 Å². The molecule has 3 N–H and O–H groups in total. The molecule has 2 amide bonds. The van der Waals surface area contributed by atoms with Crippen LogP contribution in [0.5, 0.6) is 0 Å². The minimum Gasteiger partial charge on any atom is -0.481 e. The molecule has 34 heavy (non-hydrogen) atoms. The minimum atomic E-state index is -0.930. The van der Waals surface area contributed by atoms with Gasteiger partial charge in [0.1, 0.15) is 6.61 Å². The third kappa shape index (κ3) is 5.56. The van der Waals surface area contributed by atoms with Crippen LogP contribution in [0.4, 0.5) is 4.79 Å². The van der Waals surface area contributed by atoms with E-state index in [0.717, 1.165) is 12.8 Å². The zero-order chi connectivity index (χ0) is 24.1. The van der Waals surface area contributed by atoms with Gasteiger partial charge in [-0.1, -0.05) is 55.5 Å². The highest BCUT2D eigenvalue weighted by atomic mass is 16.5. The van der Waals surface area contributed by atoms with Gasteiger partial charge in [0.05, 0.1) is 12.5 Å². The number of alkyl carbamates (subject to hydrolysis) is 1. The predicted molar refractivity (Wildman–Crippen MR) is 127 cm³/mol. The molecule has 2 aliphatic rings. The molecule has 1 unspecified atom stereocenters. The van der Waals surface area contributed by atoms with E-state index in [1.807, 2.05) is 29.2 Å². The Morgan fingerprint density at radius 2 is 1.62 bits per heavy atom. The fourth-order valence-electron chi connectivity index (χ4n) is 4.66. The summed E-state index contributed by atoms with van der Waals surface area (Å²) in [6.07, 6.45) is 1.03. The first-order valence-electron chi connectivity index (χ1n) is 11.8. The summed E-state index contributed by atoms with van der Waals surface area (Å²) in [4.78, 5) is 37.4. The van der Waals surface area contributed by atoms with Crippen molar-refractivity contribution in [2.45, 2.75) is 31.7 Å². The monoisotopic (exact) mass is 465 g/mol. The van der Waals surface area contributed by atoms with Gasteiger partial charge in [-0.3, -0.25) is 14.5 Å². The fraction of sp³-hybridized carbons (Fsp3) is 0.423. The summed E-state index contributed by atoms with van der Waals surface area (Å²) in [6, 6.07) is 16.5. The number of carboxylic acid groups (broad SMARTS) is 1. The van der Waals surface area contributed by atoms with E-state index in [9.17, 15) is 14.4 Å². The summed E-state index contributed by atoms with van der Waals surface area (Å²) in [7, 11) is 0. The van der Waals surface area contributed by atoms with Crippen LogP contribution in [0.25, 0.3) is 11.1 Å². The number of aliphatic carboxylic acids is 1. The fourth-order valence-corrected chi connectivity index (χ4v) is 4.66. The third-order valence-corrected chi connectivity index (χ3v) is 6.65. The number of nitrogens with one attached hydrogen (secondary N) is 2. The van der Waals surface area contributed by atoms with Gasteiger partial charge in [-0.2, -0.15) is 0 Å². The number of piperidine rings is 1. The van der Waals surface area contributed by atoms with Gasteiger partial charge >= 0.3 is 12.1 Å². The van der Waals surface area contributed by atoms with Gasteiger partial charge in [-0.25, -0.2) is 4.79 Å². The average molecular weight is 466 g/mol. The van der Waals surface area contributed by atoms with Crippen LogP contribution in [0.1, 0.15) is 36.8 Å². The zero-order valence-electron chi connectivity index (χ0n) is 19.3. The van der Waals surface area contributed by atoms with Crippen molar-refractivity contribution in [1.82, 2.24) is 15.5 Å². The van der Waals surface area contributed by atoms with Crippen molar-refractivity contribution in [3.63, 3.8) is 0 Å². The van der Waals surface area contributed by atoms with Gasteiger partial charge in [-0.15, -0.1) is 0 Å². The molecule has 0 aromatic heterocycles. The topological polar surface area (TPSA) is 108 Å². The molecule has 8 nitrogen and oxygen atoms in total. The molecule has 1 fully saturated rings. The highest BCUT2D eigenvalue weighted by molar-refractivity contribution is 5.80. The summed E-state index contributed by atoms with van der Waals surface area (Å²) in [5.41, 5.74) is 4.75. The number of carboxylic acids is 1. The summed E-state index contributed by atoms with van der Waals surface area (Å²) in [5.74, 6) is -1.70. The molecule has 4 rings (SSSR count). The van der Waals surface area contributed by atoms with Crippen LogP contribution in [0, 0.1) is 5.92 Å². The maximum Gasteiger partial charge on any atom is 0.407 e. The first-order valence-corrected chi connectivity index (χ1v) is 11.8. The average Bonchev–Trinajstić information content (AvgIpc) is 3.16. The molecule has 1 atom stereocenters. The molecule has 0 radical (unpaired) electrons. The number of benzene rings is 2. The highest BCUT2D eigenvalue weighted by Crippen LogP contribution is 2.44. The van der Waals surface area contributed by atoms with Crippen LogP contribution in [0.15, 0.2) is 48.5 Å². The second-order valence-corrected chi connectivity index (χ2v) is 9.06. The van der Waals surface area contributed by atoms with E-state index >= 15 is 0 Å². The Kier molecular flexibility index (Phi) is 7.47. The minimum absolute atomic E-state index is 0.00185. The molecule has 8 heteroatoms. The Morgan fingerprint density at radius 1 is 1.03 bits per heavy atom. The van der Waals surface area contributed by atoms with E-state index in [2.05, 4.69) is 34.9 Å². The maximum atomic E-state index is 12.5. The molecule has 1 saturated heterocycles. The largest absolute Gasteiger partial charge is 0.481 e. The number of fused-ring (bicyclic) bond motifs is 3. The predicted octanol–water partition coefficient (Wildman–Crippen LogP) is 2.83. The standard InChI is InChI=1S/C26H31N3O5/c1-17(25(31)32)14-27-24(30)15-29-12-10-18(11-13-29)28-26(33)34-16-23-21-8-4-2-6-19(21)20-7-3-5-9-22(20)23/h2-9,17-18,23H,10-16H2,1H3,(H,27,30)(H,28,33)(H,31,32). The number of hydrogen-bond donors (Lipinski definition) is 3. The van der Waals surface area contributed by atoms with E-state index < -0.39 is 18.0 Å². The molecule has 180 valence electrons. The molecule has 0 bridgehead atoms. The Balaban J connectivity index is 1.20. The molecule has 0 spiro atoms. The molecule has 1 heterocycles. The van der Waals surface area contributed by atoms with Gasteiger partial charge in [-0.05, 0) is 35.1 Å². The number of hydrogen-bond acceptors (Lipinski definition) is 5. The zero-order valence-corrected chi connectivity index (χ0v) is 19.3. The first kappa shape index (κ1) is 23.8. The lowest BCUT2D eigenvalue weighted by atomic mass is 9.98. The van der Waals surface area contributed by atoms with Crippen LogP contribution in [0.2, 0.25) is 0 Å². The van der Waals surface area contributed by atoms with Crippen molar-refractivity contribution in [3.8, 4) is 11.1 Å². The Morgan fingerprint density at radius 3 is 2.21 bits per heavy atom. The Bertz CT molecular complexity index is 1000. The van der Waals surface area contributed by atoms with Crippen molar-refractivity contribution < 1.29 is 24.2 Å². The molecule has 1 aliphatic carbocycles. The second kappa shape index (κ2) is 10.7. The molecular formula is C26H31N3O5. The number of nitrogens with zero attached hydrogens (tertiary/aromatic N) is 1. The lowest BCUT2D eigenvalue weighted by Crippen LogP contribution is -2.48. The van der Waals surface area contributed by atoms with Crippen molar-refractivity contribution in [1.29, 1.82) is 0 Å². The lowest BCUT2D eigenvalue weighted by molar-refractivity contribution is -0.141. The van der Waals surface area contributed by atoms with Crippen molar-refractivity contribution in [2.75, 3.05) is 32.8 Å². The van der Waals surface area contributed by atoms with Gasteiger partial charge in [0.25, 0.3) is 0 Å². The van der Waals surface area contributed by atoms with Crippen molar-refractivity contribution >= 4 is 18.0 Å². The number of carbonyl (C=O) groups is 3. The summed E-state index contributed by atoms with van der Waals surface area (Å²) in [5, 5.41) is 14.5. The smallest absolute Gasteiger partial charge is 0.407 e. The van der Waals surface area contributed by atoms with Gasteiger partial charge in [0.2, 0.25) is 5.91 Å². The Labute approximate surface area is 199 Å². The maximum absolute atomic E-state index is 12.5. The molecule has 1 aliphatic heterocycles. The lowest BCUT2D eigenvalue weighted by Gasteiger charge is -2.31. The van der Waals surface area contributed by atoms with Crippen LogP contribution in [-0.4, -0.2) is 66.8 Å².